The van der Waals surface area contributed by atoms with E-state index in [1.807, 2.05) is 32.7 Å². The van der Waals surface area contributed by atoms with Crippen LogP contribution in [0.3, 0.4) is 0 Å². The van der Waals surface area contributed by atoms with Crippen molar-refractivity contribution < 1.29 is 9.53 Å². The molecule has 12 heavy (non-hydrogen) atoms. The molecule has 1 amide bonds. The quantitative estimate of drug-likeness (QED) is 0.603. The molecule has 0 aliphatic carbocycles. The molecule has 1 aliphatic rings. The van der Waals surface area contributed by atoms with Crippen LogP contribution >= 0.6 is 0 Å². The van der Waals surface area contributed by atoms with Gasteiger partial charge in [0.15, 0.2) is 0 Å². The molecule has 4 heteroatoms. The molecule has 1 rings (SSSR count). The van der Waals surface area contributed by atoms with Gasteiger partial charge in [-0.05, 0) is 27.7 Å². The first-order valence-electron chi connectivity index (χ1n) is 4.15. The van der Waals surface area contributed by atoms with Crippen molar-refractivity contribution >= 4 is 6.09 Å². The Morgan fingerprint density at radius 2 is 2.08 bits per heavy atom. The fourth-order valence-corrected chi connectivity index (χ4v) is 0.812. The zero-order valence-corrected chi connectivity index (χ0v) is 8.05. The van der Waals surface area contributed by atoms with E-state index in [9.17, 15) is 4.79 Å². The minimum absolute atomic E-state index is 0.369. The molecule has 4 nitrogen and oxygen atoms in total. The molecular formula is C8H16N2O2. The largest absolute Gasteiger partial charge is 0.443 e. The number of amides is 1. The summed E-state index contributed by atoms with van der Waals surface area (Å²) in [4.78, 5) is 11.1. The molecule has 0 aromatic heterocycles. The molecule has 0 spiro atoms. The highest BCUT2D eigenvalue weighted by atomic mass is 16.6. The highest BCUT2D eigenvalue weighted by Crippen LogP contribution is 2.13. The first kappa shape index (κ1) is 9.32. The number of hydrogen-bond acceptors (Lipinski definition) is 3. The monoisotopic (exact) mass is 172 g/mol. The van der Waals surface area contributed by atoms with E-state index >= 15 is 0 Å². The van der Waals surface area contributed by atoms with E-state index < -0.39 is 5.60 Å². The van der Waals surface area contributed by atoms with Gasteiger partial charge in [0, 0.05) is 12.6 Å². The van der Waals surface area contributed by atoms with E-state index in [0.717, 1.165) is 6.54 Å². The third-order valence-corrected chi connectivity index (χ3v) is 1.49. The fraction of sp³-hybridized carbons (Fsp3) is 0.875. The summed E-state index contributed by atoms with van der Waals surface area (Å²) in [6.45, 7) is 8.49. The van der Waals surface area contributed by atoms with Crippen LogP contribution in [0.1, 0.15) is 27.7 Å². The van der Waals surface area contributed by atoms with Crippen molar-refractivity contribution in [3.8, 4) is 0 Å². The van der Waals surface area contributed by atoms with Gasteiger partial charge in [-0.25, -0.2) is 9.80 Å². The van der Waals surface area contributed by atoms with E-state index in [4.69, 9.17) is 4.74 Å². The number of hydrogen-bond donors (Lipinski definition) is 1. The van der Waals surface area contributed by atoms with Crippen LogP contribution in [0, 0.1) is 0 Å². The number of carbonyl (C=O) groups excluding carboxylic acids is 1. The number of hydrazine groups is 1. The minimum Gasteiger partial charge on any atom is -0.443 e. The van der Waals surface area contributed by atoms with Gasteiger partial charge >= 0.3 is 6.09 Å². The SMILES string of the molecule is CC1C[N@]1NC(=O)OC(C)(C)C. The lowest BCUT2D eigenvalue weighted by molar-refractivity contribution is 0.0440. The van der Waals surface area contributed by atoms with E-state index in [0.29, 0.717) is 6.04 Å². The lowest BCUT2D eigenvalue weighted by Crippen LogP contribution is -2.36. The van der Waals surface area contributed by atoms with Crippen LogP contribution in [0.2, 0.25) is 0 Å². The lowest BCUT2D eigenvalue weighted by atomic mass is 10.2. The predicted molar refractivity (Wildman–Crippen MR) is 45.5 cm³/mol. The summed E-state index contributed by atoms with van der Waals surface area (Å²) < 4.78 is 5.05. The molecular weight excluding hydrogens is 156 g/mol. The van der Waals surface area contributed by atoms with Crippen LogP contribution in [0.15, 0.2) is 0 Å². The van der Waals surface area contributed by atoms with Gasteiger partial charge in [-0.1, -0.05) is 0 Å². The molecule has 2 atom stereocenters. The smallest absolute Gasteiger partial charge is 0.422 e. The second-order valence-electron chi connectivity index (χ2n) is 4.12. The van der Waals surface area contributed by atoms with Crippen molar-refractivity contribution in [2.75, 3.05) is 6.54 Å². The van der Waals surface area contributed by atoms with Crippen molar-refractivity contribution in [2.24, 2.45) is 0 Å². The van der Waals surface area contributed by atoms with Gasteiger partial charge in [0.2, 0.25) is 0 Å². The Balaban J connectivity index is 2.21. The van der Waals surface area contributed by atoms with Gasteiger partial charge in [0.25, 0.3) is 0 Å². The van der Waals surface area contributed by atoms with Gasteiger partial charge in [-0.3, -0.25) is 5.43 Å². The van der Waals surface area contributed by atoms with Crippen LogP contribution in [-0.4, -0.2) is 29.3 Å². The normalized spacial score (nSPS) is 28.0. The zero-order valence-electron chi connectivity index (χ0n) is 8.05. The molecule has 1 heterocycles. The maximum absolute atomic E-state index is 11.1. The Morgan fingerprint density at radius 3 is 2.42 bits per heavy atom. The van der Waals surface area contributed by atoms with E-state index in [1.54, 1.807) is 0 Å². The summed E-state index contributed by atoms with van der Waals surface area (Å²) in [5.41, 5.74) is 2.22. The Bertz CT molecular complexity index is 186. The molecule has 1 saturated heterocycles. The van der Waals surface area contributed by atoms with E-state index in [2.05, 4.69) is 5.43 Å². The highest BCUT2D eigenvalue weighted by molar-refractivity contribution is 5.67. The van der Waals surface area contributed by atoms with Crippen LogP contribution in [0.5, 0.6) is 0 Å². The highest BCUT2D eigenvalue weighted by Gasteiger charge is 2.32. The first-order valence-corrected chi connectivity index (χ1v) is 4.15. The van der Waals surface area contributed by atoms with Gasteiger partial charge < -0.3 is 4.74 Å². The Hall–Kier alpha value is -0.770. The standard InChI is InChI=1S/C8H16N2O2/c1-6-5-10(6)9-7(11)12-8(2,3)4/h6H,5H2,1-4H3,(H,9,11)/t6?,10-/m0/s1. The minimum atomic E-state index is -0.413. The van der Waals surface area contributed by atoms with Gasteiger partial charge in [-0.2, -0.15) is 0 Å². The third-order valence-electron chi connectivity index (χ3n) is 1.49. The summed E-state index contributed by atoms with van der Waals surface area (Å²) in [7, 11) is 0. The summed E-state index contributed by atoms with van der Waals surface area (Å²) in [5.74, 6) is 0. The number of rotatable bonds is 1. The topological polar surface area (TPSA) is 41.3 Å². The van der Waals surface area contributed by atoms with Crippen molar-refractivity contribution in [2.45, 2.75) is 39.3 Å². The van der Waals surface area contributed by atoms with E-state index in [1.165, 1.54) is 0 Å². The van der Waals surface area contributed by atoms with Crippen molar-refractivity contribution in [3.05, 3.63) is 0 Å². The number of ether oxygens (including phenoxy) is 1. The van der Waals surface area contributed by atoms with E-state index in [-0.39, 0.29) is 6.09 Å². The van der Waals surface area contributed by atoms with Crippen LogP contribution in [-0.2, 0) is 4.74 Å². The van der Waals surface area contributed by atoms with Gasteiger partial charge in [-0.15, -0.1) is 0 Å². The first-order chi connectivity index (χ1) is 5.38. The maximum Gasteiger partial charge on any atom is 0.422 e. The predicted octanol–water partition coefficient (Wildman–Crippen LogP) is 1.13. The van der Waals surface area contributed by atoms with Crippen LogP contribution in [0.4, 0.5) is 4.79 Å². The molecule has 1 aliphatic heterocycles. The summed E-state index contributed by atoms with van der Waals surface area (Å²) in [6, 6.07) is 0.456. The molecule has 0 saturated carbocycles. The van der Waals surface area contributed by atoms with Crippen LogP contribution < -0.4 is 5.43 Å². The molecule has 1 fully saturated rings. The molecule has 0 bridgehead atoms. The molecule has 70 valence electrons. The van der Waals surface area contributed by atoms with Gasteiger partial charge in [0.05, 0.1) is 0 Å². The average molecular weight is 172 g/mol. The fourth-order valence-electron chi connectivity index (χ4n) is 0.812. The number of nitrogens with one attached hydrogen (secondary N) is 1. The number of nitrogens with zero attached hydrogens (tertiary/aromatic N) is 1. The summed E-state index contributed by atoms with van der Waals surface area (Å²) in [6.07, 6.45) is -0.369. The summed E-state index contributed by atoms with van der Waals surface area (Å²) >= 11 is 0. The summed E-state index contributed by atoms with van der Waals surface area (Å²) in [5, 5.41) is 1.83. The molecule has 0 aromatic carbocycles. The third kappa shape index (κ3) is 3.09. The van der Waals surface area contributed by atoms with Crippen molar-refractivity contribution in [1.29, 1.82) is 0 Å². The lowest BCUT2D eigenvalue weighted by Gasteiger charge is -2.19. The second-order valence-corrected chi connectivity index (χ2v) is 4.12. The average Bonchev–Trinajstić information content (AvgIpc) is 2.40. The number of carbonyl (C=O) groups is 1. The molecule has 0 radical (unpaired) electrons. The Kier molecular flexibility index (Phi) is 2.28. The molecule has 1 N–H and O–H groups in total. The van der Waals surface area contributed by atoms with Gasteiger partial charge in [0.1, 0.15) is 5.60 Å². The van der Waals surface area contributed by atoms with Crippen molar-refractivity contribution in [1.82, 2.24) is 10.4 Å². The Morgan fingerprint density at radius 1 is 1.58 bits per heavy atom. The van der Waals surface area contributed by atoms with Crippen molar-refractivity contribution in [3.63, 3.8) is 0 Å². The zero-order chi connectivity index (χ0) is 9.35. The second kappa shape index (κ2) is 2.94. The van der Waals surface area contributed by atoms with Crippen LogP contribution in [0.25, 0.3) is 0 Å². The maximum atomic E-state index is 11.1. The molecule has 1 unspecified atom stereocenters. The Labute approximate surface area is 72.8 Å². The molecule has 0 aromatic rings.